The number of rotatable bonds is 10. The Morgan fingerprint density at radius 2 is 1.53 bits per heavy atom. The third-order valence-corrected chi connectivity index (χ3v) is 7.71. The van der Waals surface area contributed by atoms with Crippen molar-refractivity contribution in [2.24, 2.45) is 0 Å². The van der Waals surface area contributed by atoms with Crippen LogP contribution in [0.1, 0.15) is 77.3 Å². The minimum absolute atomic E-state index is 0.117. The van der Waals surface area contributed by atoms with Crippen LogP contribution < -0.4 is 0 Å². The van der Waals surface area contributed by atoms with Crippen molar-refractivity contribution in [1.29, 1.82) is 0 Å². The molecule has 1 aromatic rings. The van der Waals surface area contributed by atoms with Crippen molar-refractivity contribution in [2.75, 3.05) is 26.8 Å². The number of fused-ring (bicyclic) bond motifs is 3. The van der Waals surface area contributed by atoms with Crippen LogP contribution in [0.25, 0.3) is 0 Å². The number of carbonyl (C=O) groups excluding carboxylic acids is 2. The lowest BCUT2D eigenvalue weighted by Gasteiger charge is -2.53. The Morgan fingerprint density at radius 1 is 0.969 bits per heavy atom. The topological polar surface area (TPSA) is 65.1 Å². The van der Waals surface area contributed by atoms with Crippen molar-refractivity contribution in [2.45, 2.75) is 89.4 Å². The molecule has 2 bridgehead atoms. The quantitative estimate of drug-likeness (QED) is 0.500. The van der Waals surface area contributed by atoms with Gasteiger partial charge in [-0.1, -0.05) is 24.3 Å². The number of hydrogen-bond donors (Lipinski definition) is 0. The highest BCUT2D eigenvalue weighted by Gasteiger charge is 2.49. The molecule has 32 heavy (non-hydrogen) atoms. The molecule has 0 atom stereocenters. The van der Waals surface area contributed by atoms with Gasteiger partial charge in [0.2, 0.25) is 0 Å². The highest BCUT2D eigenvalue weighted by Crippen LogP contribution is 2.54. The van der Waals surface area contributed by atoms with Crippen LogP contribution in [0.4, 0.5) is 0 Å². The fourth-order valence-electron chi connectivity index (χ4n) is 5.14. The minimum Gasteiger partial charge on any atom is -0.453 e. The first kappa shape index (κ1) is 24.7. The molecular weight excluding hydrogens is 406 g/mol. The molecule has 0 saturated heterocycles. The van der Waals surface area contributed by atoms with Crippen molar-refractivity contribution in [3.05, 3.63) is 35.4 Å². The summed E-state index contributed by atoms with van der Waals surface area (Å²) in [5, 5.41) is 0. The number of methoxy groups -OCH3 is 1. The summed E-state index contributed by atoms with van der Waals surface area (Å²) in [6.45, 7) is 8.40. The molecule has 6 nitrogen and oxygen atoms in total. The van der Waals surface area contributed by atoms with Gasteiger partial charge >= 0.3 is 5.97 Å². The van der Waals surface area contributed by atoms with Crippen molar-refractivity contribution in [1.82, 2.24) is 4.90 Å². The van der Waals surface area contributed by atoms with E-state index in [9.17, 15) is 9.59 Å². The second-order valence-electron chi connectivity index (χ2n) is 9.81. The predicted molar refractivity (Wildman–Crippen MR) is 123 cm³/mol. The van der Waals surface area contributed by atoms with Crippen LogP contribution in [0, 0.1) is 0 Å². The molecule has 0 N–H and O–H groups in total. The number of amides is 1. The van der Waals surface area contributed by atoms with Crippen molar-refractivity contribution in [3.8, 4) is 0 Å². The SMILES string of the molecule is CCN(CC)C(=O)COC(=O)C(C)(C)OCc1ccc(C23CCC(OC)(CC2)CC3)cc1. The molecule has 178 valence electrons. The number of likely N-dealkylation sites (N-methyl/N-ethyl adjacent to an activating group) is 1. The van der Waals surface area contributed by atoms with E-state index in [0.29, 0.717) is 19.7 Å². The maximum atomic E-state index is 12.5. The number of hydrogen-bond acceptors (Lipinski definition) is 5. The lowest BCUT2D eigenvalue weighted by atomic mass is 9.56. The average Bonchev–Trinajstić information content (AvgIpc) is 2.83. The Hall–Kier alpha value is -1.92. The van der Waals surface area contributed by atoms with E-state index in [1.54, 1.807) is 18.7 Å². The zero-order valence-electron chi connectivity index (χ0n) is 20.4. The predicted octanol–water partition coefficient (Wildman–Crippen LogP) is 4.38. The number of esters is 1. The maximum Gasteiger partial charge on any atom is 0.338 e. The van der Waals surface area contributed by atoms with Gasteiger partial charge in [0.1, 0.15) is 0 Å². The van der Waals surface area contributed by atoms with Gasteiger partial charge in [-0.2, -0.15) is 0 Å². The summed E-state index contributed by atoms with van der Waals surface area (Å²) < 4.78 is 16.9. The summed E-state index contributed by atoms with van der Waals surface area (Å²) in [5.74, 6) is -0.721. The Labute approximate surface area is 192 Å². The molecule has 6 heteroatoms. The first-order chi connectivity index (χ1) is 15.2. The second-order valence-corrected chi connectivity index (χ2v) is 9.81. The van der Waals surface area contributed by atoms with Crippen LogP contribution in [0.15, 0.2) is 24.3 Å². The summed E-state index contributed by atoms with van der Waals surface area (Å²) in [4.78, 5) is 26.2. The molecule has 3 aliphatic carbocycles. The Bertz CT molecular complexity index is 772. The zero-order valence-corrected chi connectivity index (χ0v) is 20.4. The van der Waals surface area contributed by atoms with Crippen LogP contribution in [-0.4, -0.2) is 54.8 Å². The maximum absolute atomic E-state index is 12.5. The Kier molecular flexibility index (Phi) is 7.66. The van der Waals surface area contributed by atoms with Crippen LogP contribution in [0.5, 0.6) is 0 Å². The van der Waals surface area contributed by atoms with E-state index in [-0.39, 0.29) is 23.5 Å². The van der Waals surface area contributed by atoms with Crippen LogP contribution in [0.3, 0.4) is 0 Å². The monoisotopic (exact) mass is 445 g/mol. The lowest BCUT2D eigenvalue weighted by Crippen LogP contribution is -2.49. The van der Waals surface area contributed by atoms with E-state index in [2.05, 4.69) is 24.3 Å². The molecule has 0 aromatic heterocycles. The molecule has 0 spiro atoms. The lowest BCUT2D eigenvalue weighted by molar-refractivity contribution is -0.172. The summed E-state index contributed by atoms with van der Waals surface area (Å²) in [5.41, 5.74) is 1.69. The minimum atomic E-state index is -1.13. The van der Waals surface area contributed by atoms with Gasteiger partial charge in [-0.15, -0.1) is 0 Å². The fraction of sp³-hybridized carbons (Fsp3) is 0.692. The summed E-state index contributed by atoms with van der Waals surface area (Å²) in [7, 11) is 1.85. The molecule has 4 rings (SSSR count). The van der Waals surface area contributed by atoms with E-state index in [1.807, 2.05) is 21.0 Å². The molecule has 0 aliphatic heterocycles. The third-order valence-electron chi connectivity index (χ3n) is 7.71. The van der Waals surface area contributed by atoms with Gasteiger partial charge in [-0.25, -0.2) is 4.79 Å². The van der Waals surface area contributed by atoms with Crippen LogP contribution in [0.2, 0.25) is 0 Å². The van der Waals surface area contributed by atoms with Crippen molar-refractivity contribution in [3.63, 3.8) is 0 Å². The van der Waals surface area contributed by atoms with Crippen molar-refractivity contribution < 1.29 is 23.8 Å². The summed E-state index contributed by atoms with van der Waals surface area (Å²) >= 11 is 0. The summed E-state index contributed by atoms with van der Waals surface area (Å²) in [6.07, 6.45) is 6.97. The number of carbonyl (C=O) groups is 2. The molecular formula is C26H39NO5. The average molecular weight is 446 g/mol. The van der Waals surface area contributed by atoms with Gasteiger partial charge in [-0.3, -0.25) is 4.79 Å². The zero-order chi connectivity index (χ0) is 23.4. The standard InChI is InChI=1S/C26H39NO5/c1-6-27(7-2)22(28)19-31-23(29)24(3,4)32-18-20-8-10-21(11-9-20)25-12-15-26(30-5,16-13-25)17-14-25/h8-11H,6-7,12-19H2,1-5H3. The Morgan fingerprint density at radius 3 is 2.03 bits per heavy atom. The molecule has 3 aliphatic rings. The second kappa shape index (κ2) is 9.92. The fourth-order valence-corrected chi connectivity index (χ4v) is 5.14. The summed E-state index contributed by atoms with van der Waals surface area (Å²) in [6, 6.07) is 8.64. The molecule has 1 amide bonds. The molecule has 0 radical (unpaired) electrons. The van der Waals surface area contributed by atoms with E-state index in [4.69, 9.17) is 14.2 Å². The van der Waals surface area contributed by atoms with Gasteiger partial charge in [0.05, 0.1) is 12.2 Å². The van der Waals surface area contributed by atoms with Gasteiger partial charge in [0.25, 0.3) is 5.91 Å². The van der Waals surface area contributed by atoms with Crippen molar-refractivity contribution >= 4 is 11.9 Å². The molecule has 0 unspecified atom stereocenters. The highest BCUT2D eigenvalue weighted by atomic mass is 16.6. The molecule has 1 aromatic carbocycles. The largest absolute Gasteiger partial charge is 0.453 e. The van der Waals surface area contributed by atoms with Gasteiger partial charge in [0, 0.05) is 20.2 Å². The van der Waals surface area contributed by atoms with Crippen LogP contribution >= 0.6 is 0 Å². The normalized spacial score (nSPS) is 24.9. The highest BCUT2D eigenvalue weighted by molar-refractivity contribution is 5.83. The van der Waals surface area contributed by atoms with Crippen LogP contribution in [-0.2, 0) is 35.8 Å². The van der Waals surface area contributed by atoms with E-state index in [0.717, 1.165) is 24.8 Å². The number of nitrogens with zero attached hydrogens (tertiary/aromatic N) is 1. The van der Waals surface area contributed by atoms with Gasteiger partial charge in [-0.05, 0) is 82.8 Å². The van der Waals surface area contributed by atoms with E-state index in [1.165, 1.54) is 24.8 Å². The van der Waals surface area contributed by atoms with Gasteiger partial charge < -0.3 is 19.1 Å². The van der Waals surface area contributed by atoms with E-state index < -0.39 is 11.6 Å². The van der Waals surface area contributed by atoms with Gasteiger partial charge in [0.15, 0.2) is 12.2 Å². The smallest absolute Gasteiger partial charge is 0.338 e. The number of ether oxygens (including phenoxy) is 3. The molecule has 0 heterocycles. The molecule has 3 fully saturated rings. The van der Waals surface area contributed by atoms with E-state index >= 15 is 0 Å². The number of benzene rings is 1. The first-order valence-corrected chi connectivity index (χ1v) is 11.9. The Balaban J connectivity index is 1.52. The molecule has 3 saturated carbocycles. The third kappa shape index (κ3) is 5.18. The first-order valence-electron chi connectivity index (χ1n) is 11.9.